The normalized spacial score (nSPS) is 14.2. The molecule has 0 aromatic heterocycles. The number of aliphatic hydroxyl groups excluding tert-OH is 2. The topological polar surface area (TPSA) is 102 Å². The molecule has 6 N–H and O–H groups in total. The van der Waals surface area contributed by atoms with Crippen molar-refractivity contribution >= 4 is 5.69 Å². The van der Waals surface area contributed by atoms with E-state index in [4.69, 9.17) is 26.4 Å². The smallest absolute Gasteiger partial charge is 0.119 e. The van der Waals surface area contributed by atoms with Gasteiger partial charge in [-0.3, -0.25) is 0 Å². The lowest BCUT2D eigenvalue weighted by molar-refractivity contribution is 0.201. The monoisotopic (exact) mass is 312 g/mol. The van der Waals surface area contributed by atoms with Crippen LogP contribution in [-0.2, 0) is 0 Å². The van der Waals surface area contributed by atoms with Crippen LogP contribution >= 0.6 is 0 Å². The molecular formula is C17H32N2O3. The molecule has 0 spiro atoms. The minimum atomic E-state index is 0.0321. The van der Waals surface area contributed by atoms with Crippen molar-refractivity contribution in [1.82, 2.24) is 0 Å². The van der Waals surface area contributed by atoms with Crippen LogP contribution in [0, 0.1) is 5.92 Å². The van der Waals surface area contributed by atoms with E-state index in [1.807, 2.05) is 0 Å². The van der Waals surface area contributed by atoms with E-state index < -0.39 is 0 Å². The summed E-state index contributed by atoms with van der Waals surface area (Å²) in [6, 6.07) is 7.05. The summed E-state index contributed by atoms with van der Waals surface area (Å²) in [6.07, 6.45) is 7.05. The van der Waals surface area contributed by atoms with Crippen molar-refractivity contribution in [2.45, 2.75) is 39.0 Å². The van der Waals surface area contributed by atoms with Crippen molar-refractivity contribution in [3.05, 3.63) is 24.3 Å². The number of aliphatic hydroxyl groups is 2. The van der Waals surface area contributed by atoms with E-state index in [0.29, 0.717) is 12.3 Å². The molecule has 0 saturated heterocycles. The van der Waals surface area contributed by atoms with E-state index in [1.54, 1.807) is 31.2 Å². The van der Waals surface area contributed by atoms with Crippen LogP contribution in [0.2, 0.25) is 0 Å². The summed E-state index contributed by atoms with van der Waals surface area (Å²) in [5.74, 6) is 1.59. The van der Waals surface area contributed by atoms with Crippen LogP contribution in [-0.4, -0.2) is 36.6 Å². The maximum Gasteiger partial charge on any atom is 0.119 e. The van der Waals surface area contributed by atoms with E-state index in [9.17, 15) is 0 Å². The molecule has 0 aliphatic heterocycles. The Morgan fingerprint density at radius 3 is 2.05 bits per heavy atom. The Balaban J connectivity index is 0.000000352. The van der Waals surface area contributed by atoms with Crippen molar-refractivity contribution in [3.8, 4) is 5.75 Å². The van der Waals surface area contributed by atoms with E-state index >= 15 is 0 Å². The minimum absolute atomic E-state index is 0.0321. The van der Waals surface area contributed by atoms with Crippen molar-refractivity contribution < 1.29 is 14.9 Å². The molecule has 0 bridgehead atoms. The van der Waals surface area contributed by atoms with Crippen LogP contribution < -0.4 is 16.2 Å². The number of hydrogen-bond acceptors (Lipinski definition) is 5. The van der Waals surface area contributed by atoms with Gasteiger partial charge in [0.2, 0.25) is 0 Å². The largest absolute Gasteiger partial charge is 0.491 e. The summed E-state index contributed by atoms with van der Waals surface area (Å²) in [6.45, 7) is 3.20. The van der Waals surface area contributed by atoms with Gasteiger partial charge in [0.05, 0.1) is 6.61 Å². The van der Waals surface area contributed by atoms with Gasteiger partial charge in [-0.25, -0.2) is 0 Å². The fraction of sp³-hybridized carbons (Fsp3) is 0.647. The molecule has 1 saturated carbocycles. The van der Waals surface area contributed by atoms with Gasteiger partial charge in [0.1, 0.15) is 12.4 Å². The highest BCUT2D eigenvalue weighted by atomic mass is 16.5. The predicted octanol–water partition coefficient (Wildman–Crippen LogP) is 2.16. The molecule has 0 amide bonds. The Kier molecular flexibility index (Phi) is 13.8. The van der Waals surface area contributed by atoms with Crippen LogP contribution in [0.5, 0.6) is 5.75 Å². The van der Waals surface area contributed by atoms with Gasteiger partial charge in [0, 0.05) is 12.3 Å². The Hall–Kier alpha value is -1.30. The molecule has 0 unspecified atom stereocenters. The fourth-order valence-corrected chi connectivity index (χ4v) is 2.15. The van der Waals surface area contributed by atoms with Gasteiger partial charge in [-0.05, 0) is 56.5 Å². The summed E-state index contributed by atoms with van der Waals surface area (Å²) in [7, 11) is 0. The highest BCUT2D eigenvalue weighted by Crippen LogP contribution is 2.21. The summed E-state index contributed by atoms with van der Waals surface area (Å²) in [4.78, 5) is 0. The zero-order chi connectivity index (χ0) is 16.6. The molecule has 0 radical (unpaired) electrons. The van der Waals surface area contributed by atoms with Gasteiger partial charge in [-0.2, -0.15) is 0 Å². The van der Waals surface area contributed by atoms with Crippen molar-refractivity contribution in [1.29, 1.82) is 0 Å². The van der Waals surface area contributed by atoms with E-state index in [2.05, 4.69) is 0 Å². The van der Waals surface area contributed by atoms with Crippen molar-refractivity contribution in [2.75, 3.05) is 32.1 Å². The van der Waals surface area contributed by atoms with Crippen LogP contribution in [0.15, 0.2) is 24.3 Å². The second-order valence-electron chi connectivity index (χ2n) is 5.20. The summed E-state index contributed by atoms with van der Waals surface area (Å²) >= 11 is 0. The Morgan fingerprint density at radius 1 is 1.09 bits per heavy atom. The molecule has 5 nitrogen and oxygen atoms in total. The van der Waals surface area contributed by atoms with Crippen LogP contribution in [0.25, 0.3) is 0 Å². The summed E-state index contributed by atoms with van der Waals surface area (Å²) < 4.78 is 5.10. The molecule has 5 heteroatoms. The SMILES string of the molecule is CCO.NCC1CCCCC1.Nc1ccc(OCCO)cc1. The quantitative estimate of drug-likeness (QED) is 0.638. The molecule has 1 aromatic rings. The first-order valence-electron chi connectivity index (χ1n) is 8.08. The van der Waals surface area contributed by atoms with E-state index in [1.165, 1.54) is 32.1 Å². The third kappa shape index (κ3) is 11.4. The molecule has 1 aliphatic rings. The Morgan fingerprint density at radius 2 is 1.64 bits per heavy atom. The molecule has 1 fully saturated rings. The zero-order valence-corrected chi connectivity index (χ0v) is 13.7. The molecular weight excluding hydrogens is 280 g/mol. The minimum Gasteiger partial charge on any atom is -0.491 e. The lowest BCUT2D eigenvalue weighted by Crippen LogP contribution is -2.16. The lowest BCUT2D eigenvalue weighted by atomic mass is 9.90. The fourth-order valence-electron chi connectivity index (χ4n) is 2.15. The number of nitrogen functional groups attached to an aromatic ring is 1. The van der Waals surface area contributed by atoms with Gasteiger partial charge < -0.3 is 26.4 Å². The molecule has 1 aliphatic carbocycles. The van der Waals surface area contributed by atoms with Crippen molar-refractivity contribution in [2.24, 2.45) is 11.7 Å². The highest BCUT2D eigenvalue weighted by molar-refractivity contribution is 5.41. The van der Waals surface area contributed by atoms with Gasteiger partial charge in [-0.15, -0.1) is 0 Å². The maximum absolute atomic E-state index is 8.43. The molecule has 2 rings (SSSR count). The molecule has 1 aromatic carbocycles. The van der Waals surface area contributed by atoms with Gasteiger partial charge >= 0.3 is 0 Å². The second kappa shape index (κ2) is 14.6. The molecule has 22 heavy (non-hydrogen) atoms. The lowest BCUT2D eigenvalue weighted by Gasteiger charge is -2.18. The van der Waals surface area contributed by atoms with Gasteiger partial charge in [-0.1, -0.05) is 19.3 Å². The summed E-state index contributed by atoms with van der Waals surface area (Å²) in [5.41, 5.74) is 11.7. The average Bonchev–Trinajstić information content (AvgIpc) is 2.56. The molecule has 128 valence electrons. The van der Waals surface area contributed by atoms with E-state index in [0.717, 1.165) is 18.2 Å². The van der Waals surface area contributed by atoms with E-state index in [-0.39, 0.29) is 13.2 Å². The number of rotatable bonds is 4. The third-order valence-electron chi connectivity index (χ3n) is 3.30. The highest BCUT2D eigenvalue weighted by Gasteiger charge is 2.09. The predicted molar refractivity (Wildman–Crippen MR) is 91.8 cm³/mol. The first-order valence-corrected chi connectivity index (χ1v) is 8.08. The summed E-state index contributed by atoms with van der Waals surface area (Å²) in [5, 5.41) is 16.0. The standard InChI is InChI=1S/C8H11NO2.C7H15N.C2H6O/c9-7-1-3-8(4-2-7)11-6-5-10;8-6-7-4-2-1-3-5-7;1-2-3/h1-4,10H,5-6,9H2;7H,1-6,8H2;3H,2H2,1H3. The van der Waals surface area contributed by atoms with Crippen molar-refractivity contribution in [3.63, 3.8) is 0 Å². The Bertz CT molecular complexity index is 338. The number of anilines is 1. The first-order chi connectivity index (χ1) is 10.7. The van der Waals surface area contributed by atoms with Gasteiger partial charge in [0.25, 0.3) is 0 Å². The molecule has 0 atom stereocenters. The maximum atomic E-state index is 8.43. The number of ether oxygens (including phenoxy) is 1. The second-order valence-corrected chi connectivity index (χ2v) is 5.20. The number of hydrogen-bond donors (Lipinski definition) is 4. The van der Waals surface area contributed by atoms with Crippen LogP contribution in [0.3, 0.4) is 0 Å². The van der Waals surface area contributed by atoms with Crippen LogP contribution in [0.4, 0.5) is 5.69 Å². The third-order valence-corrected chi connectivity index (χ3v) is 3.30. The van der Waals surface area contributed by atoms with Crippen LogP contribution in [0.1, 0.15) is 39.0 Å². The molecule has 0 heterocycles. The Labute approximate surface area is 134 Å². The first kappa shape index (κ1) is 20.7. The zero-order valence-electron chi connectivity index (χ0n) is 13.7. The average molecular weight is 312 g/mol. The van der Waals surface area contributed by atoms with Gasteiger partial charge in [0.15, 0.2) is 0 Å². The number of benzene rings is 1. The number of nitrogens with two attached hydrogens (primary N) is 2.